The number of guanidine groups is 1. The van der Waals surface area contributed by atoms with Gasteiger partial charge in [0.2, 0.25) is 0 Å². The molecule has 1 aliphatic rings. The number of aliphatic hydroxyl groups excluding tert-OH is 1. The fraction of sp³-hybridized carbons (Fsp3) is 0.737. The molecule has 0 aromatic carbocycles. The highest BCUT2D eigenvalue weighted by Gasteiger charge is 2.22. The van der Waals surface area contributed by atoms with Gasteiger partial charge in [-0.25, -0.2) is 0 Å². The number of nitrogens with one attached hydrogen (secondary N) is 2. The van der Waals surface area contributed by atoms with Gasteiger partial charge in [0.05, 0.1) is 24.1 Å². The Labute approximate surface area is 195 Å². The number of ether oxygens (including phenoxy) is 1. The molecule has 28 heavy (non-hydrogen) atoms. The van der Waals surface area contributed by atoms with E-state index >= 15 is 0 Å². The van der Waals surface area contributed by atoms with Gasteiger partial charge in [0.1, 0.15) is 6.10 Å². The molecule has 6 nitrogen and oxygen atoms in total. The van der Waals surface area contributed by atoms with Gasteiger partial charge < -0.3 is 20.5 Å². The van der Waals surface area contributed by atoms with Crippen LogP contribution in [0.5, 0.6) is 0 Å². The molecule has 2 heterocycles. The summed E-state index contributed by atoms with van der Waals surface area (Å²) in [5, 5.41) is 16.9. The molecule has 0 bridgehead atoms. The van der Waals surface area contributed by atoms with E-state index in [0.29, 0.717) is 22.8 Å². The van der Waals surface area contributed by atoms with E-state index in [9.17, 15) is 5.11 Å². The highest BCUT2D eigenvalue weighted by atomic mass is 127. The molecule has 2 atom stereocenters. The molecule has 2 unspecified atom stereocenters. The number of halogens is 2. The number of thiophene rings is 1. The topological polar surface area (TPSA) is 69.1 Å². The summed E-state index contributed by atoms with van der Waals surface area (Å²) < 4.78 is 6.18. The molecule has 0 aliphatic carbocycles. The molecule has 0 amide bonds. The summed E-state index contributed by atoms with van der Waals surface area (Å²) in [7, 11) is 0. The van der Waals surface area contributed by atoms with E-state index in [2.05, 4.69) is 29.4 Å². The van der Waals surface area contributed by atoms with Gasteiger partial charge in [-0.1, -0.05) is 25.4 Å². The van der Waals surface area contributed by atoms with E-state index in [-0.39, 0.29) is 24.0 Å². The number of morpholine rings is 1. The van der Waals surface area contributed by atoms with Crippen LogP contribution in [0.15, 0.2) is 17.1 Å². The number of aliphatic imine (C=N–C) groups is 1. The van der Waals surface area contributed by atoms with E-state index in [1.165, 1.54) is 11.3 Å². The van der Waals surface area contributed by atoms with Crippen LogP contribution < -0.4 is 10.6 Å². The van der Waals surface area contributed by atoms with Crippen LogP contribution in [0, 0.1) is 5.92 Å². The highest BCUT2D eigenvalue weighted by Crippen LogP contribution is 2.26. The summed E-state index contributed by atoms with van der Waals surface area (Å²) in [4.78, 5) is 8.13. The standard InChI is InChI=1S/C19H33ClN4O2S.HI/c1-4-21-19(23-13-16(25)17-5-6-18(20)27-17)22-12-15(11-14(2)3)24-7-9-26-10-8-24;/h5-6,14-16,25H,4,7-13H2,1-3H3,(H2,21,22,23);1H. The fourth-order valence-electron chi connectivity index (χ4n) is 3.17. The van der Waals surface area contributed by atoms with Crippen molar-refractivity contribution in [3.63, 3.8) is 0 Å². The molecule has 1 fully saturated rings. The Morgan fingerprint density at radius 1 is 1.32 bits per heavy atom. The maximum atomic E-state index is 10.3. The number of nitrogens with zero attached hydrogens (tertiary/aromatic N) is 2. The van der Waals surface area contributed by atoms with E-state index in [1.807, 2.05) is 19.1 Å². The van der Waals surface area contributed by atoms with Gasteiger partial charge in [0.25, 0.3) is 0 Å². The van der Waals surface area contributed by atoms with Crippen LogP contribution in [-0.2, 0) is 4.74 Å². The van der Waals surface area contributed by atoms with Crippen molar-refractivity contribution in [1.29, 1.82) is 0 Å². The number of hydrogen-bond acceptors (Lipinski definition) is 5. The number of rotatable bonds is 9. The van der Waals surface area contributed by atoms with Crippen molar-refractivity contribution in [2.75, 3.05) is 45.9 Å². The monoisotopic (exact) mass is 544 g/mol. The van der Waals surface area contributed by atoms with Gasteiger partial charge in [0, 0.05) is 37.1 Å². The maximum Gasteiger partial charge on any atom is 0.191 e. The Balaban J connectivity index is 0.00000392. The van der Waals surface area contributed by atoms with E-state index in [0.717, 1.165) is 56.7 Å². The van der Waals surface area contributed by atoms with Gasteiger partial charge in [-0.3, -0.25) is 9.89 Å². The zero-order valence-electron chi connectivity index (χ0n) is 17.0. The highest BCUT2D eigenvalue weighted by molar-refractivity contribution is 14.0. The van der Waals surface area contributed by atoms with Crippen LogP contribution in [0.25, 0.3) is 0 Å². The SMILES string of the molecule is CCNC(=NCC(CC(C)C)N1CCOCC1)NCC(O)c1ccc(Cl)s1.I. The van der Waals surface area contributed by atoms with Crippen LogP contribution in [0.2, 0.25) is 4.34 Å². The third-order valence-corrected chi connectivity index (χ3v) is 5.83. The zero-order chi connectivity index (χ0) is 19.6. The van der Waals surface area contributed by atoms with E-state index in [4.69, 9.17) is 21.3 Å². The third-order valence-electron chi connectivity index (χ3n) is 4.50. The molecule has 1 aromatic heterocycles. The normalized spacial score (nSPS) is 17.9. The number of aliphatic hydroxyl groups is 1. The molecular weight excluding hydrogens is 511 g/mol. The summed E-state index contributed by atoms with van der Waals surface area (Å²) >= 11 is 7.36. The molecule has 0 radical (unpaired) electrons. The summed E-state index contributed by atoms with van der Waals surface area (Å²) in [6.07, 6.45) is 0.510. The molecule has 0 saturated carbocycles. The minimum atomic E-state index is -0.600. The Bertz CT molecular complexity index is 582. The van der Waals surface area contributed by atoms with Gasteiger partial charge in [-0.05, 0) is 31.4 Å². The molecule has 1 saturated heterocycles. The Morgan fingerprint density at radius 3 is 2.61 bits per heavy atom. The first kappa shape index (κ1) is 25.9. The first-order valence-corrected chi connectivity index (χ1v) is 11.0. The quantitative estimate of drug-likeness (QED) is 0.253. The predicted molar refractivity (Wildman–Crippen MR) is 129 cm³/mol. The first-order chi connectivity index (χ1) is 13.0. The van der Waals surface area contributed by atoms with Crippen molar-refractivity contribution in [3.05, 3.63) is 21.3 Å². The minimum Gasteiger partial charge on any atom is -0.386 e. The van der Waals surface area contributed by atoms with Gasteiger partial charge in [-0.2, -0.15) is 0 Å². The summed E-state index contributed by atoms with van der Waals surface area (Å²) in [6, 6.07) is 4.08. The van der Waals surface area contributed by atoms with Crippen LogP contribution in [-0.4, -0.2) is 67.9 Å². The lowest BCUT2D eigenvalue weighted by atomic mass is 10.0. The lowest BCUT2D eigenvalue weighted by Crippen LogP contribution is -2.46. The molecule has 1 aromatic rings. The average Bonchev–Trinajstić information content (AvgIpc) is 3.09. The van der Waals surface area contributed by atoms with Crippen molar-refractivity contribution in [1.82, 2.24) is 15.5 Å². The largest absolute Gasteiger partial charge is 0.386 e. The summed E-state index contributed by atoms with van der Waals surface area (Å²) in [6.45, 7) is 12.0. The zero-order valence-corrected chi connectivity index (χ0v) is 20.9. The second kappa shape index (κ2) is 14.0. The number of hydrogen-bond donors (Lipinski definition) is 3. The van der Waals surface area contributed by atoms with E-state index < -0.39 is 6.10 Å². The van der Waals surface area contributed by atoms with Crippen molar-refractivity contribution in [3.8, 4) is 0 Å². The smallest absolute Gasteiger partial charge is 0.191 e. The van der Waals surface area contributed by atoms with Crippen LogP contribution in [0.1, 0.15) is 38.2 Å². The third kappa shape index (κ3) is 9.13. The Kier molecular flexibility index (Phi) is 12.9. The molecule has 0 spiro atoms. The molecular formula is C19H34ClIN4O2S. The molecule has 3 N–H and O–H groups in total. The molecule has 9 heteroatoms. The molecule has 1 aliphatic heterocycles. The summed E-state index contributed by atoms with van der Waals surface area (Å²) in [5.41, 5.74) is 0. The van der Waals surface area contributed by atoms with Crippen LogP contribution in [0.4, 0.5) is 0 Å². The maximum absolute atomic E-state index is 10.3. The second-order valence-electron chi connectivity index (χ2n) is 7.19. The van der Waals surface area contributed by atoms with Crippen LogP contribution in [0.3, 0.4) is 0 Å². The lowest BCUT2D eigenvalue weighted by molar-refractivity contribution is 0.0143. The van der Waals surface area contributed by atoms with Gasteiger partial charge in [-0.15, -0.1) is 35.3 Å². The summed E-state index contributed by atoms with van der Waals surface area (Å²) in [5.74, 6) is 1.36. The second-order valence-corrected chi connectivity index (χ2v) is 8.94. The fourth-order valence-corrected chi connectivity index (χ4v) is 4.21. The first-order valence-electron chi connectivity index (χ1n) is 9.76. The molecule has 162 valence electrons. The van der Waals surface area contributed by atoms with Crippen molar-refractivity contribution < 1.29 is 9.84 Å². The van der Waals surface area contributed by atoms with Crippen molar-refractivity contribution in [2.24, 2.45) is 10.9 Å². The Morgan fingerprint density at radius 2 is 2.04 bits per heavy atom. The van der Waals surface area contributed by atoms with Gasteiger partial charge in [0.15, 0.2) is 5.96 Å². The Hall–Kier alpha value is -0.130. The van der Waals surface area contributed by atoms with Crippen molar-refractivity contribution >= 4 is 52.9 Å². The minimum absolute atomic E-state index is 0. The van der Waals surface area contributed by atoms with Crippen molar-refractivity contribution in [2.45, 2.75) is 39.3 Å². The van der Waals surface area contributed by atoms with E-state index in [1.54, 1.807) is 0 Å². The van der Waals surface area contributed by atoms with Crippen LogP contribution >= 0.6 is 46.9 Å². The predicted octanol–water partition coefficient (Wildman–Crippen LogP) is 3.35. The van der Waals surface area contributed by atoms with Gasteiger partial charge >= 0.3 is 0 Å². The lowest BCUT2D eigenvalue weighted by Gasteiger charge is -2.34. The average molecular weight is 545 g/mol. The molecule has 2 rings (SSSR count).